The largest absolute Gasteiger partial charge is 0.457 e. The molecule has 0 bridgehead atoms. The van der Waals surface area contributed by atoms with E-state index in [4.69, 9.17) is 9.84 Å². The molecule has 3 nitrogen and oxygen atoms in total. The topological polar surface area (TPSA) is 42.4 Å². The molecule has 2 rings (SSSR count). The van der Waals surface area contributed by atoms with Gasteiger partial charge in [-0.2, -0.15) is 0 Å². The van der Waals surface area contributed by atoms with E-state index in [2.05, 4.69) is 4.98 Å². The molecule has 0 spiro atoms. The molecule has 0 fully saturated rings. The monoisotopic (exact) mass is 251 g/mol. The van der Waals surface area contributed by atoms with Crippen molar-refractivity contribution in [2.75, 3.05) is 0 Å². The van der Waals surface area contributed by atoms with E-state index in [1.165, 1.54) is 12.3 Å². The number of aliphatic hydroxyl groups excluding tert-OH is 1. The van der Waals surface area contributed by atoms with Gasteiger partial charge in [0, 0.05) is 29.6 Å². The Balaban J connectivity index is 2.33. The van der Waals surface area contributed by atoms with Gasteiger partial charge in [-0.15, -0.1) is 0 Å². The zero-order valence-corrected chi connectivity index (χ0v) is 9.65. The second kappa shape index (κ2) is 5.10. The van der Waals surface area contributed by atoms with Crippen molar-refractivity contribution in [1.82, 2.24) is 4.98 Å². The van der Waals surface area contributed by atoms with Crippen LogP contribution in [-0.4, -0.2) is 10.1 Å². The van der Waals surface area contributed by atoms with Crippen LogP contribution in [0.1, 0.15) is 11.3 Å². The van der Waals surface area contributed by atoms with Crippen LogP contribution in [0.15, 0.2) is 30.5 Å². The number of halogens is 2. The molecular formula is C13H11F2NO2. The van der Waals surface area contributed by atoms with Gasteiger partial charge in [-0.05, 0) is 19.1 Å². The number of pyridine rings is 1. The highest BCUT2D eigenvalue weighted by Crippen LogP contribution is 2.26. The zero-order chi connectivity index (χ0) is 13.1. The Hall–Kier alpha value is -2.01. The summed E-state index contributed by atoms with van der Waals surface area (Å²) in [6.07, 6.45) is 1.48. The molecule has 0 unspecified atom stereocenters. The van der Waals surface area contributed by atoms with Crippen molar-refractivity contribution in [2.45, 2.75) is 13.5 Å². The number of hydrogen-bond donors (Lipinski definition) is 1. The number of benzene rings is 1. The number of nitrogens with zero attached hydrogens (tertiary/aromatic N) is 1. The highest BCUT2D eigenvalue weighted by atomic mass is 19.2. The Morgan fingerprint density at radius 1 is 1.22 bits per heavy atom. The van der Waals surface area contributed by atoms with Crippen molar-refractivity contribution in [3.05, 3.63) is 53.4 Å². The first-order valence-electron chi connectivity index (χ1n) is 5.29. The maximum atomic E-state index is 13.0. The average Bonchev–Trinajstić information content (AvgIpc) is 2.34. The Kier molecular flexibility index (Phi) is 3.53. The summed E-state index contributed by atoms with van der Waals surface area (Å²) in [6, 6.07) is 4.87. The molecule has 0 saturated carbocycles. The molecular weight excluding hydrogens is 240 g/mol. The van der Waals surface area contributed by atoms with Gasteiger partial charge in [-0.3, -0.25) is 4.98 Å². The number of aromatic nitrogens is 1. The lowest BCUT2D eigenvalue weighted by atomic mass is 10.2. The van der Waals surface area contributed by atoms with Crippen molar-refractivity contribution >= 4 is 0 Å². The van der Waals surface area contributed by atoms with E-state index in [-0.39, 0.29) is 12.4 Å². The molecule has 1 heterocycles. The van der Waals surface area contributed by atoms with Gasteiger partial charge in [-0.25, -0.2) is 8.78 Å². The molecule has 1 aromatic heterocycles. The second-order valence-electron chi connectivity index (χ2n) is 3.77. The van der Waals surface area contributed by atoms with Crippen molar-refractivity contribution in [2.24, 2.45) is 0 Å². The normalized spacial score (nSPS) is 10.4. The average molecular weight is 251 g/mol. The molecule has 0 aliphatic carbocycles. The molecule has 94 valence electrons. The minimum Gasteiger partial charge on any atom is -0.457 e. The SMILES string of the molecule is Cc1cc(Oc2ccc(F)c(F)c2)c(CO)cn1. The minimum atomic E-state index is -0.983. The molecule has 1 N–H and O–H groups in total. The first kappa shape index (κ1) is 12.4. The van der Waals surface area contributed by atoms with Crippen molar-refractivity contribution < 1.29 is 18.6 Å². The Morgan fingerprint density at radius 2 is 2.00 bits per heavy atom. The molecule has 0 amide bonds. The molecule has 0 aliphatic rings. The summed E-state index contributed by atoms with van der Waals surface area (Å²) in [6.45, 7) is 1.52. The van der Waals surface area contributed by atoms with Crippen LogP contribution in [0, 0.1) is 18.6 Å². The van der Waals surface area contributed by atoms with Crippen LogP contribution in [0.4, 0.5) is 8.78 Å². The van der Waals surface area contributed by atoms with Gasteiger partial charge in [0.1, 0.15) is 11.5 Å². The summed E-state index contributed by atoms with van der Waals surface area (Å²) < 4.78 is 31.2. The molecule has 2 aromatic rings. The highest BCUT2D eigenvalue weighted by molar-refractivity contribution is 5.37. The predicted octanol–water partition coefficient (Wildman–Crippen LogP) is 2.95. The standard InChI is InChI=1S/C13H11F2NO2/c1-8-4-13(9(7-17)6-16-8)18-10-2-3-11(14)12(15)5-10/h2-6,17H,7H2,1H3. The third-order valence-corrected chi connectivity index (χ3v) is 2.37. The van der Waals surface area contributed by atoms with E-state index in [0.717, 1.165) is 12.1 Å². The third kappa shape index (κ3) is 2.62. The van der Waals surface area contributed by atoms with Gasteiger partial charge in [0.25, 0.3) is 0 Å². The Morgan fingerprint density at radius 3 is 2.67 bits per heavy atom. The second-order valence-corrected chi connectivity index (χ2v) is 3.77. The lowest BCUT2D eigenvalue weighted by Gasteiger charge is -2.10. The zero-order valence-electron chi connectivity index (χ0n) is 9.65. The molecule has 0 saturated heterocycles. The molecule has 0 atom stereocenters. The molecule has 1 aromatic carbocycles. The smallest absolute Gasteiger partial charge is 0.162 e. The van der Waals surface area contributed by atoms with Crippen LogP contribution >= 0.6 is 0 Å². The molecule has 0 radical (unpaired) electrons. The lowest BCUT2D eigenvalue weighted by molar-refractivity contribution is 0.276. The molecule has 5 heteroatoms. The molecule has 18 heavy (non-hydrogen) atoms. The maximum absolute atomic E-state index is 13.0. The first-order chi connectivity index (χ1) is 8.60. The van der Waals surface area contributed by atoms with Gasteiger partial charge in [0.15, 0.2) is 11.6 Å². The number of hydrogen-bond acceptors (Lipinski definition) is 3. The van der Waals surface area contributed by atoms with E-state index < -0.39 is 11.6 Å². The highest BCUT2D eigenvalue weighted by Gasteiger charge is 2.08. The van der Waals surface area contributed by atoms with Gasteiger partial charge in [0.2, 0.25) is 0 Å². The fraction of sp³-hybridized carbons (Fsp3) is 0.154. The van der Waals surface area contributed by atoms with E-state index in [1.807, 2.05) is 0 Å². The lowest BCUT2D eigenvalue weighted by Crippen LogP contribution is -1.95. The Bertz CT molecular complexity index is 573. The summed E-state index contributed by atoms with van der Waals surface area (Å²) in [5.74, 6) is -1.38. The first-order valence-corrected chi connectivity index (χ1v) is 5.29. The Labute approximate surface area is 103 Å². The maximum Gasteiger partial charge on any atom is 0.162 e. The third-order valence-electron chi connectivity index (χ3n) is 2.37. The minimum absolute atomic E-state index is 0.161. The summed E-state index contributed by atoms with van der Waals surface area (Å²) in [5.41, 5.74) is 1.18. The van der Waals surface area contributed by atoms with Crippen molar-refractivity contribution in [3.63, 3.8) is 0 Å². The number of ether oxygens (including phenoxy) is 1. The van der Waals surface area contributed by atoms with E-state index >= 15 is 0 Å². The van der Waals surface area contributed by atoms with Crippen molar-refractivity contribution in [3.8, 4) is 11.5 Å². The van der Waals surface area contributed by atoms with Crippen LogP contribution in [0.25, 0.3) is 0 Å². The fourth-order valence-electron chi connectivity index (χ4n) is 1.44. The van der Waals surface area contributed by atoms with Gasteiger partial charge >= 0.3 is 0 Å². The van der Waals surface area contributed by atoms with Crippen LogP contribution in [0.2, 0.25) is 0 Å². The van der Waals surface area contributed by atoms with Gasteiger partial charge in [-0.1, -0.05) is 0 Å². The van der Waals surface area contributed by atoms with Crippen LogP contribution in [-0.2, 0) is 6.61 Å². The van der Waals surface area contributed by atoms with Gasteiger partial charge < -0.3 is 9.84 Å². The summed E-state index contributed by atoms with van der Waals surface area (Å²) >= 11 is 0. The number of rotatable bonds is 3. The summed E-state index contributed by atoms with van der Waals surface area (Å²) in [5, 5.41) is 9.13. The summed E-state index contributed by atoms with van der Waals surface area (Å²) in [7, 11) is 0. The van der Waals surface area contributed by atoms with Crippen LogP contribution in [0.5, 0.6) is 11.5 Å². The quantitative estimate of drug-likeness (QED) is 0.911. The van der Waals surface area contributed by atoms with E-state index in [9.17, 15) is 8.78 Å². The number of aryl methyl sites for hydroxylation is 1. The summed E-state index contributed by atoms with van der Waals surface area (Å²) in [4.78, 5) is 4.01. The fourth-order valence-corrected chi connectivity index (χ4v) is 1.44. The van der Waals surface area contributed by atoms with Crippen LogP contribution < -0.4 is 4.74 Å². The van der Waals surface area contributed by atoms with E-state index in [0.29, 0.717) is 17.0 Å². The molecule has 0 aliphatic heterocycles. The van der Waals surface area contributed by atoms with Gasteiger partial charge in [0.05, 0.1) is 6.61 Å². The predicted molar refractivity (Wildman–Crippen MR) is 61.3 cm³/mol. The number of aliphatic hydroxyl groups is 1. The van der Waals surface area contributed by atoms with E-state index in [1.54, 1.807) is 13.0 Å². The van der Waals surface area contributed by atoms with Crippen LogP contribution in [0.3, 0.4) is 0 Å². The van der Waals surface area contributed by atoms with Crippen molar-refractivity contribution in [1.29, 1.82) is 0 Å².